The molecule has 0 bridgehead atoms. The van der Waals surface area contributed by atoms with Gasteiger partial charge < -0.3 is 10.6 Å². The van der Waals surface area contributed by atoms with E-state index in [4.69, 9.17) is 0 Å². The van der Waals surface area contributed by atoms with E-state index in [0.29, 0.717) is 19.0 Å². The van der Waals surface area contributed by atoms with Crippen LogP contribution in [0.1, 0.15) is 50.7 Å². The van der Waals surface area contributed by atoms with Gasteiger partial charge in [-0.2, -0.15) is 0 Å². The highest BCUT2D eigenvalue weighted by Crippen LogP contribution is 2.23. The second-order valence-corrected chi connectivity index (χ2v) is 7.42. The lowest BCUT2D eigenvalue weighted by atomic mass is 9.93. The summed E-state index contributed by atoms with van der Waals surface area (Å²) in [5, 5.41) is 9.57. The van der Waals surface area contributed by atoms with Gasteiger partial charge in [0.15, 0.2) is 0 Å². The Labute approximate surface area is 149 Å². The molecule has 1 aliphatic heterocycles. The molecule has 1 fully saturated rings. The Balaban J connectivity index is 0.00000220. The molecule has 0 aromatic carbocycles. The fraction of sp³-hybridized carbons (Fsp3) is 0.733. The van der Waals surface area contributed by atoms with E-state index in [2.05, 4.69) is 41.8 Å². The summed E-state index contributed by atoms with van der Waals surface area (Å²) in [5.74, 6) is 0.150. The van der Waals surface area contributed by atoms with E-state index >= 15 is 0 Å². The van der Waals surface area contributed by atoms with Crippen LogP contribution in [0.25, 0.3) is 0 Å². The van der Waals surface area contributed by atoms with Crippen molar-refractivity contribution in [3.63, 3.8) is 0 Å². The molecule has 4 nitrogen and oxygen atoms in total. The van der Waals surface area contributed by atoms with Crippen LogP contribution < -0.4 is 10.6 Å². The Kier molecular flexibility index (Phi) is 9.55. The van der Waals surface area contributed by atoms with Gasteiger partial charge in [-0.1, -0.05) is 20.8 Å². The zero-order valence-electron chi connectivity index (χ0n) is 13.5. The first kappa shape index (κ1) is 21.6. The van der Waals surface area contributed by atoms with Crippen LogP contribution >= 0.6 is 36.2 Å². The maximum absolute atomic E-state index is 11.8. The van der Waals surface area contributed by atoms with Crippen molar-refractivity contribution in [3.8, 4) is 0 Å². The van der Waals surface area contributed by atoms with Gasteiger partial charge in [-0.15, -0.1) is 36.2 Å². The molecule has 0 spiro atoms. The van der Waals surface area contributed by atoms with Crippen molar-refractivity contribution in [2.24, 2.45) is 0 Å². The van der Waals surface area contributed by atoms with Crippen molar-refractivity contribution in [2.45, 2.75) is 57.9 Å². The first-order valence-electron chi connectivity index (χ1n) is 7.40. The second kappa shape index (κ2) is 9.71. The molecule has 0 radical (unpaired) electrons. The van der Waals surface area contributed by atoms with Crippen LogP contribution in [0.3, 0.4) is 0 Å². The number of aromatic nitrogens is 1. The molecular formula is C15H27Cl2N3OS. The van der Waals surface area contributed by atoms with Crippen LogP contribution in [0.4, 0.5) is 0 Å². The normalized spacial score (nSPS) is 17.5. The third kappa shape index (κ3) is 6.82. The Morgan fingerprint density at radius 3 is 2.73 bits per heavy atom. The van der Waals surface area contributed by atoms with Gasteiger partial charge in [0.25, 0.3) is 0 Å². The second-order valence-electron chi connectivity index (χ2n) is 6.47. The SMILES string of the molecule is CC(C)(C)c1csc(CCNC(=O)CC2CCCN2)n1.Cl.Cl. The first-order valence-corrected chi connectivity index (χ1v) is 8.28. The molecule has 0 aliphatic carbocycles. The van der Waals surface area contributed by atoms with Crippen molar-refractivity contribution >= 4 is 42.1 Å². The first-order chi connectivity index (χ1) is 9.45. The Hall–Kier alpha value is -0.360. The van der Waals surface area contributed by atoms with E-state index in [1.807, 2.05) is 0 Å². The van der Waals surface area contributed by atoms with E-state index in [9.17, 15) is 4.79 Å². The number of nitrogens with zero attached hydrogens (tertiary/aromatic N) is 1. The number of thiazole rings is 1. The van der Waals surface area contributed by atoms with E-state index in [1.165, 1.54) is 6.42 Å². The van der Waals surface area contributed by atoms with Gasteiger partial charge in [0.2, 0.25) is 5.91 Å². The van der Waals surface area contributed by atoms with Gasteiger partial charge in [0.1, 0.15) is 0 Å². The summed E-state index contributed by atoms with van der Waals surface area (Å²) in [6.45, 7) is 8.24. The monoisotopic (exact) mass is 367 g/mol. The molecule has 0 saturated carbocycles. The number of hydrogen-bond acceptors (Lipinski definition) is 4. The maximum Gasteiger partial charge on any atom is 0.221 e. The summed E-state index contributed by atoms with van der Waals surface area (Å²) >= 11 is 1.69. The van der Waals surface area contributed by atoms with E-state index in [1.54, 1.807) is 11.3 Å². The molecule has 1 aromatic rings. The summed E-state index contributed by atoms with van der Waals surface area (Å²) < 4.78 is 0. The number of rotatable bonds is 5. The topological polar surface area (TPSA) is 54.0 Å². The average molecular weight is 368 g/mol. The van der Waals surface area contributed by atoms with Crippen molar-refractivity contribution in [1.29, 1.82) is 0 Å². The number of hydrogen-bond donors (Lipinski definition) is 2. The van der Waals surface area contributed by atoms with Crippen molar-refractivity contribution < 1.29 is 4.79 Å². The minimum absolute atomic E-state index is 0. The molecule has 1 aromatic heterocycles. The van der Waals surface area contributed by atoms with Gasteiger partial charge >= 0.3 is 0 Å². The van der Waals surface area contributed by atoms with E-state index in [-0.39, 0.29) is 36.1 Å². The largest absolute Gasteiger partial charge is 0.356 e. The molecule has 7 heteroatoms. The molecule has 2 rings (SSSR count). The van der Waals surface area contributed by atoms with Crippen molar-refractivity contribution in [3.05, 3.63) is 16.1 Å². The third-order valence-electron chi connectivity index (χ3n) is 3.58. The maximum atomic E-state index is 11.8. The Bertz CT molecular complexity index is 454. The molecule has 22 heavy (non-hydrogen) atoms. The lowest BCUT2D eigenvalue weighted by molar-refractivity contribution is -0.121. The molecule has 1 saturated heterocycles. The number of carbonyl (C=O) groups is 1. The molecule has 2 heterocycles. The predicted octanol–water partition coefficient (Wildman–Crippen LogP) is 3.09. The Morgan fingerprint density at radius 1 is 1.45 bits per heavy atom. The third-order valence-corrected chi connectivity index (χ3v) is 4.48. The zero-order valence-corrected chi connectivity index (χ0v) is 15.9. The van der Waals surface area contributed by atoms with Crippen LogP contribution in [-0.4, -0.2) is 30.0 Å². The van der Waals surface area contributed by atoms with Crippen LogP contribution in [0.5, 0.6) is 0 Å². The number of carbonyl (C=O) groups excluding carboxylic acids is 1. The highest BCUT2D eigenvalue weighted by atomic mass is 35.5. The zero-order chi connectivity index (χ0) is 14.6. The van der Waals surface area contributed by atoms with E-state index in [0.717, 1.165) is 30.1 Å². The Morgan fingerprint density at radius 2 is 2.18 bits per heavy atom. The van der Waals surface area contributed by atoms with Gasteiger partial charge in [0.05, 0.1) is 10.7 Å². The van der Waals surface area contributed by atoms with Crippen LogP contribution in [0.15, 0.2) is 5.38 Å². The minimum atomic E-state index is 0. The van der Waals surface area contributed by atoms with Gasteiger partial charge in [-0.05, 0) is 19.4 Å². The molecule has 2 N–H and O–H groups in total. The van der Waals surface area contributed by atoms with Gasteiger partial charge in [0, 0.05) is 36.2 Å². The summed E-state index contributed by atoms with van der Waals surface area (Å²) in [4.78, 5) is 16.4. The fourth-order valence-electron chi connectivity index (χ4n) is 2.31. The minimum Gasteiger partial charge on any atom is -0.356 e. The molecule has 1 amide bonds. The summed E-state index contributed by atoms with van der Waals surface area (Å²) in [6.07, 6.45) is 3.73. The number of nitrogens with one attached hydrogen (secondary N) is 2. The summed E-state index contributed by atoms with van der Waals surface area (Å²) in [5.41, 5.74) is 1.24. The van der Waals surface area contributed by atoms with Gasteiger partial charge in [-0.3, -0.25) is 4.79 Å². The standard InChI is InChI=1S/C15H25N3OS.2ClH/c1-15(2,3)12-10-20-14(18-12)6-8-17-13(19)9-11-5-4-7-16-11;;/h10-11,16H,4-9H2,1-3H3,(H,17,19);2*1H. The molecule has 1 aliphatic rings. The number of amides is 1. The average Bonchev–Trinajstić information content (AvgIpc) is 2.98. The highest BCUT2D eigenvalue weighted by Gasteiger charge is 2.18. The quantitative estimate of drug-likeness (QED) is 0.840. The van der Waals surface area contributed by atoms with E-state index < -0.39 is 0 Å². The van der Waals surface area contributed by atoms with Crippen molar-refractivity contribution in [1.82, 2.24) is 15.6 Å². The van der Waals surface area contributed by atoms with Gasteiger partial charge in [-0.25, -0.2) is 4.98 Å². The molecule has 1 atom stereocenters. The molecule has 1 unspecified atom stereocenters. The highest BCUT2D eigenvalue weighted by molar-refractivity contribution is 7.09. The molecule has 128 valence electrons. The van der Waals surface area contributed by atoms with Crippen molar-refractivity contribution in [2.75, 3.05) is 13.1 Å². The summed E-state index contributed by atoms with van der Waals surface area (Å²) in [7, 11) is 0. The van der Waals surface area contributed by atoms with Crippen LogP contribution in [0, 0.1) is 0 Å². The predicted molar refractivity (Wildman–Crippen MR) is 97.7 cm³/mol. The fourth-order valence-corrected chi connectivity index (χ4v) is 3.33. The van der Waals surface area contributed by atoms with Crippen LogP contribution in [0.2, 0.25) is 0 Å². The smallest absolute Gasteiger partial charge is 0.221 e. The van der Waals surface area contributed by atoms with Crippen LogP contribution in [-0.2, 0) is 16.6 Å². The summed E-state index contributed by atoms with van der Waals surface area (Å²) in [6, 6.07) is 0.377. The number of halogens is 2. The lowest BCUT2D eigenvalue weighted by Gasteiger charge is -2.14. The molecular weight excluding hydrogens is 341 g/mol. The lowest BCUT2D eigenvalue weighted by Crippen LogP contribution is -2.32.